The van der Waals surface area contributed by atoms with Crippen molar-refractivity contribution < 1.29 is 8.42 Å². The fraction of sp³-hybridized carbons (Fsp3) is 0.529. The molecule has 0 radical (unpaired) electrons. The fourth-order valence-electron chi connectivity index (χ4n) is 3.31. The van der Waals surface area contributed by atoms with Gasteiger partial charge in [0.2, 0.25) is 0 Å². The molecule has 1 unspecified atom stereocenters. The summed E-state index contributed by atoms with van der Waals surface area (Å²) in [5.41, 5.74) is 1.32. The topological polar surface area (TPSA) is 34.1 Å². The molecule has 4 heteroatoms. The lowest BCUT2D eigenvalue weighted by Crippen LogP contribution is -2.45. The maximum absolute atomic E-state index is 13.3. The zero-order valence-electron chi connectivity index (χ0n) is 13.5. The zero-order valence-corrected chi connectivity index (χ0v) is 15.3. The zero-order chi connectivity index (χ0) is 15.7. The highest BCUT2D eigenvalue weighted by atomic mass is 32.2. The monoisotopic (exact) mass is 322 g/mol. The molecule has 2 nitrogen and oxygen atoms in total. The Morgan fingerprint density at radius 3 is 2.24 bits per heavy atom. The molecule has 1 aromatic carbocycles. The maximum Gasteiger partial charge on any atom is 0.184 e. The molecule has 1 aromatic rings. The summed E-state index contributed by atoms with van der Waals surface area (Å²) < 4.78 is 26.0. The minimum Gasteiger partial charge on any atom is -0.223 e. The molecule has 0 aliphatic heterocycles. The summed E-state index contributed by atoms with van der Waals surface area (Å²) in [7, 11) is -4.78. The standard InChI is InChI=1S/C17H26O2SSi/c1-15-10-12-17(13-11-15,14-21(2,3)4)20(18,19)16-8-6-5-7-9-16/h5-10H,11-14H2,1-4H3. The second-order valence-corrected chi connectivity index (χ2v) is 15.3. The fourth-order valence-corrected chi connectivity index (χ4v) is 9.31. The second-order valence-electron chi connectivity index (χ2n) is 7.49. The Balaban J connectivity index is 2.51. The molecule has 1 atom stereocenters. The predicted octanol–water partition coefficient (Wildman–Crippen LogP) is 4.67. The first kappa shape index (κ1) is 16.5. The second kappa shape index (κ2) is 5.73. The van der Waals surface area contributed by atoms with Crippen molar-refractivity contribution in [1.29, 1.82) is 0 Å². The van der Waals surface area contributed by atoms with Gasteiger partial charge >= 0.3 is 0 Å². The number of rotatable bonds is 4. The third-order valence-corrected chi connectivity index (χ3v) is 8.82. The van der Waals surface area contributed by atoms with Crippen molar-refractivity contribution in [2.24, 2.45) is 0 Å². The quantitative estimate of drug-likeness (QED) is 0.596. The van der Waals surface area contributed by atoms with Crippen molar-refractivity contribution in [1.82, 2.24) is 0 Å². The van der Waals surface area contributed by atoms with E-state index in [1.165, 1.54) is 5.57 Å². The van der Waals surface area contributed by atoms with Gasteiger partial charge in [0.1, 0.15) is 0 Å². The average molecular weight is 323 g/mol. The molecular weight excluding hydrogens is 296 g/mol. The highest BCUT2D eigenvalue weighted by Crippen LogP contribution is 2.43. The molecule has 0 bridgehead atoms. The Kier molecular flexibility index (Phi) is 4.50. The highest BCUT2D eigenvalue weighted by molar-refractivity contribution is 7.93. The van der Waals surface area contributed by atoms with Crippen LogP contribution in [0.2, 0.25) is 25.7 Å². The summed E-state index contributed by atoms with van der Waals surface area (Å²) in [4.78, 5) is 0.483. The molecule has 116 valence electrons. The van der Waals surface area contributed by atoms with Crippen molar-refractivity contribution in [2.45, 2.75) is 61.5 Å². The van der Waals surface area contributed by atoms with E-state index in [1.807, 2.05) is 18.2 Å². The van der Waals surface area contributed by atoms with Crippen LogP contribution in [0.15, 0.2) is 46.9 Å². The Labute approximate surface area is 130 Å². The van der Waals surface area contributed by atoms with Gasteiger partial charge in [-0.15, -0.1) is 0 Å². The van der Waals surface area contributed by atoms with Crippen molar-refractivity contribution in [3.63, 3.8) is 0 Å². The van der Waals surface area contributed by atoms with E-state index < -0.39 is 22.7 Å². The molecule has 0 saturated heterocycles. The predicted molar refractivity (Wildman–Crippen MR) is 92.1 cm³/mol. The van der Waals surface area contributed by atoms with Gasteiger partial charge in [-0.3, -0.25) is 0 Å². The minimum atomic E-state index is -3.29. The highest BCUT2D eigenvalue weighted by Gasteiger charge is 2.47. The van der Waals surface area contributed by atoms with Gasteiger partial charge in [-0.05, 0) is 44.4 Å². The molecular formula is C17H26O2SSi. The van der Waals surface area contributed by atoms with Crippen molar-refractivity contribution in [3.8, 4) is 0 Å². The maximum atomic E-state index is 13.3. The Hall–Kier alpha value is -0.873. The van der Waals surface area contributed by atoms with Gasteiger partial charge in [0.05, 0.1) is 9.64 Å². The SMILES string of the molecule is CC1=CCC(C[Si](C)(C)C)(S(=O)(=O)c2ccccc2)CC1. The largest absolute Gasteiger partial charge is 0.223 e. The number of allylic oxidation sites excluding steroid dienone is 2. The molecule has 0 aromatic heterocycles. The molecule has 0 fully saturated rings. The lowest BCUT2D eigenvalue weighted by molar-refractivity contribution is 0.488. The van der Waals surface area contributed by atoms with Gasteiger partial charge < -0.3 is 0 Å². The lowest BCUT2D eigenvalue weighted by Gasteiger charge is -2.39. The van der Waals surface area contributed by atoms with E-state index in [2.05, 4.69) is 32.6 Å². The molecule has 2 rings (SSSR count). The van der Waals surface area contributed by atoms with Gasteiger partial charge in [0, 0.05) is 8.07 Å². The van der Waals surface area contributed by atoms with Crippen LogP contribution in [0.1, 0.15) is 26.2 Å². The van der Waals surface area contributed by atoms with Crippen LogP contribution in [0, 0.1) is 0 Å². The molecule has 1 aliphatic carbocycles. The molecule has 0 spiro atoms. The van der Waals surface area contributed by atoms with Crippen molar-refractivity contribution >= 4 is 17.9 Å². The van der Waals surface area contributed by atoms with Crippen LogP contribution in [0.25, 0.3) is 0 Å². The third kappa shape index (κ3) is 3.48. The number of sulfone groups is 1. The molecule has 0 amide bonds. The van der Waals surface area contributed by atoms with Crippen molar-refractivity contribution in [2.75, 3.05) is 0 Å². The van der Waals surface area contributed by atoms with Crippen LogP contribution in [0.4, 0.5) is 0 Å². The van der Waals surface area contributed by atoms with Gasteiger partial charge in [-0.25, -0.2) is 8.42 Å². The Morgan fingerprint density at radius 1 is 1.14 bits per heavy atom. The molecule has 21 heavy (non-hydrogen) atoms. The van der Waals surface area contributed by atoms with E-state index in [1.54, 1.807) is 12.1 Å². The molecule has 1 aliphatic rings. The molecule has 0 saturated carbocycles. The van der Waals surface area contributed by atoms with Crippen molar-refractivity contribution in [3.05, 3.63) is 42.0 Å². The van der Waals surface area contributed by atoms with Gasteiger partial charge in [0.15, 0.2) is 9.84 Å². The Bertz CT molecular complexity index is 627. The first-order valence-electron chi connectivity index (χ1n) is 7.62. The van der Waals surface area contributed by atoms with E-state index in [9.17, 15) is 8.42 Å². The van der Waals surface area contributed by atoms with Gasteiger partial charge in [-0.2, -0.15) is 0 Å². The summed E-state index contributed by atoms with van der Waals surface area (Å²) in [5.74, 6) is 0. The smallest absolute Gasteiger partial charge is 0.184 e. The van der Waals surface area contributed by atoms with Crippen LogP contribution in [-0.4, -0.2) is 21.2 Å². The normalized spacial score (nSPS) is 23.7. The van der Waals surface area contributed by atoms with Crippen LogP contribution < -0.4 is 0 Å². The Morgan fingerprint density at radius 2 is 1.76 bits per heavy atom. The van der Waals surface area contributed by atoms with Crippen LogP contribution in [0.5, 0.6) is 0 Å². The molecule has 0 N–H and O–H groups in total. The first-order valence-corrected chi connectivity index (χ1v) is 12.8. The van der Waals surface area contributed by atoms with Crippen LogP contribution in [0.3, 0.4) is 0 Å². The van der Waals surface area contributed by atoms with Crippen LogP contribution in [-0.2, 0) is 9.84 Å². The van der Waals surface area contributed by atoms with E-state index >= 15 is 0 Å². The van der Waals surface area contributed by atoms with E-state index in [4.69, 9.17) is 0 Å². The summed E-state index contributed by atoms with van der Waals surface area (Å²) >= 11 is 0. The van der Waals surface area contributed by atoms with E-state index in [-0.39, 0.29) is 0 Å². The van der Waals surface area contributed by atoms with Gasteiger partial charge in [-0.1, -0.05) is 49.5 Å². The summed E-state index contributed by atoms with van der Waals surface area (Å²) in [6.45, 7) is 8.90. The minimum absolute atomic E-state index is 0.483. The van der Waals surface area contributed by atoms with E-state index in [0.29, 0.717) is 11.3 Å². The van der Waals surface area contributed by atoms with Gasteiger partial charge in [0.25, 0.3) is 0 Å². The number of benzene rings is 1. The third-order valence-electron chi connectivity index (χ3n) is 4.27. The lowest BCUT2D eigenvalue weighted by atomic mass is 9.91. The number of hydrogen-bond donors (Lipinski definition) is 0. The van der Waals surface area contributed by atoms with E-state index in [0.717, 1.165) is 18.9 Å². The van der Waals surface area contributed by atoms with Crippen LogP contribution >= 0.6 is 0 Å². The molecule has 0 heterocycles. The number of hydrogen-bond acceptors (Lipinski definition) is 2. The summed E-state index contributed by atoms with van der Waals surface area (Å²) in [5, 5.41) is 0. The first-order chi connectivity index (χ1) is 9.66. The average Bonchev–Trinajstić information content (AvgIpc) is 2.41. The summed E-state index contributed by atoms with van der Waals surface area (Å²) in [6.07, 6.45) is 4.47. The summed E-state index contributed by atoms with van der Waals surface area (Å²) in [6, 6.07) is 9.83.